The number of rotatable bonds is 5. The zero-order valence-electron chi connectivity index (χ0n) is 15.0. The number of nitriles is 1. The van der Waals surface area contributed by atoms with Crippen LogP contribution in [0.4, 0.5) is 5.69 Å². The summed E-state index contributed by atoms with van der Waals surface area (Å²) in [7, 11) is 0. The molecular weight excluding hydrogens is 326 g/mol. The largest absolute Gasteiger partial charge is 0.494 e. The van der Waals surface area contributed by atoms with E-state index in [9.17, 15) is 5.26 Å². The first kappa shape index (κ1) is 17.7. The van der Waals surface area contributed by atoms with Crippen molar-refractivity contribution in [2.24, 2.45) is 11.7 Å². The molecule has 0 bridgehead atoms. The van der Waals surface area contributed by atoms with Crippen molar-refractivity contribution in [2.75, 3.05) is 12.3 Å². The number of nitrogen functional groups attached to an aromatic ring is 1. The van der Waals surface area contributed by atoms with Gasteiger partial charge in [0.2, 0.25) is 5.88 Å². The predicted octanol–water partition coefficient (Wildman–Crippen LogP) is 3.91. The van der Waals surface area contributed by atoms with Gasteiger partial charge in [0, 0.05) is 17.3 Å². The standard InChI is InChI=1S/C21H23N3O2/c1-13(2)8-9-25-16-5-3-4-14(10-16)20-17-7-6-15(23)11-19(17)26-21(24)18(20)12-22/h3-7,10-11,13,20H,8-9,23-24H2,1-2H3. The zero-order valence-corrected chi connectivity index (χ0v) is 15.0. The Morgan fingerprint density at radius 1 is 1.19 bits per heavy atom. The first-order valence-electron chi connectivity index (χ1n) is 8.69. The molecule has 0 fully saturated rings. The van der Waals surface area contributed by atoms with E-state index in [1.165, 1.54) is 0 Å². The van der Waals surface area contributed by atoms with E-state index in [0.29, 0.717) is 29.5 Å². The van der Waals surface area contributed by atoms with Crippen LogP contribution in [0.3, 0.4) is 0 Å². The van der Waals surface area contributed by atoms with Gasteiger partial charge in [0.15, 0.2) is 0 Å². The van der Waals surface area contributed by atoms with Crippen LogP contribution in [0, 0.1) is 17.2 Å². The van der Waals surface area contributed by atoms with Gasteiger partial charge in [-0.05, 0) is 36.1 Å². The average molecular weight is 349 g/mol. The molecule has 134 valence electrons. The summed E-state index contributed by atoms with van der Waals surface area (Å²) in [4.78, 5) is 0. The molecule has 0 spiro atoms. The highest BCUT2D eigenvalue weighted by molar-refractivity contribution is 5.59. The molecule has 1 unspecified atom stereocenters. The van der Waals surface area contributed by atoms with Gasteiger partial charge in [0.05, 0.1) is 12.5 Å². The molecule has 0 saturated heterocycles. The first-order chi connectivity index (χ1) is 12.5. The van der Waals surface area contributed by atoms with Crippen molar-refractivity contribution in [3.05, 3.63) is 65.0 Å². The van der Waals surface area contributed by atoms with E-state index in [0.717, 1.165) is 23.3 Å². The Morgan fingerprint density at radius 2 is 2.00 bits per heavy atom. The lowest BCUT2D eigenvalue weighted by Crippen LogP contribution is -2.21. The number of hydrogen-bond donors (Lipinski definition) is 2. The van der Waals surface area contributed by atoms with Crippen LogP contribution in [-0.4, -0.2) is 6.61 Å². The molecular formula is C21H23N3O2. The second kappa shape index (κ2) is 7.40. The molecule has 0 amide bonds. The molecule has 5 heteroatoms. The van der Waals surface area contributed by atoms with Crippen molar-refractivity contribution in [3.63, 3.8) is 0 Å². The summed E-state index contributed by atoms with van der Waals surface area (Å²) in [6.45, 7) is 4.99. The molecule has 0 radical (unpaired) electrons. The third-order valence-corrected chi connectivity index (χ3v) is 4.40. The summed E-state index contributed by atoms with van der Waals surface area (Å²) in [6, 6.07) is 15.4. The number of nitrogens with zero attached hydrogens (tertiary/aromatic N) is 1. The number of nitrogens with two attached hydrogens (primary N) is 2. The molecule has 1 aliphatic rings. The highest BCUT2D eigenvalue weighted by Gasteiger charge is 2.30. The Labute approximate surface area is 153 Å². The molecule has 1 atom stereocenters. The molecule has 0 aliphatic carbocycles. The molecule has 1 heterocycles. The van der Waals surface area contributed by atoms with Gasteiger partial charge in [0.25, 0.3) is 0 Å². The van der Waals surface area contributed by atoms with Crippen molar-refractivity contribution in [2.45, 2.75) is 26.2 Å². The molecule has 26 heavy (non-hydrogen) atoms. The van der Waals surface area contributed by atoms with Crippen LogP contribution in [-0.2, 0) is 0 Å². The highest BCUT2D eigenvalue weighted by Crippen LogP contribution is 2.43. The van der Waals surface area contributed by atoms with Crippen LogP contribution in [0.5, 0.6) is 11.5 Å². The number of ether oxygens (including phenoxy) is 2. The molecule has 5 nitrogen and oxygen atoms in total. The number of benzene rings is 2. The predicted molar refractivity (Wildman–Crippen MR) is 102 cm³/mol. The SMILES string of the molecule is CC(C)CCOc1cccc(C2C(C#N)=C(N)Oc3cc(N)ccc32)c1. The lowest BCUT2D eigenvalue weighted by molar-refractivity contribution is 0.289. The van der Waals surface area contributed by atoms with Crippen molar-refractivity contribution in [1.82, 2.24) is 0 Å². The maximum absolute atomic E-state index is 9.62. The van der Waals surface area contributed by atoms with Crippen molar-refractivity contribution in [1.29, 1.82) is 5.26 Å². The molecule has 2 aromatic carbocycles. The molecule has 0 aromatic heterocycles. The number of anilines is 1. The van der Waals surface area contributed by atoms with E-state index in [1.54, 1.807) is 12.1 Å². The zero-order chi connectivity index (χ0) is 18.7. The summed E-state index contributed by atoms with van der Waals surface area (Å²) in [5.74, 6) is 1.75. The van der Waals surface area contributed by atoms with Crippen molar-refractivity contribution >= 4 is 5.69 Å². The highest BCUT2D eigenvalue weighted by atomic mass is 16.5. The maximum atomic E-state index is 9.62. The molecule has 4 N–H and O–H groups in total. The van der Waals surface area contributed by atoms with E-state index in [-0.39, 0.29) is 11.8 Å². The third-order valence-electron chi connectivity index (χ3n) is 4.40. The summed E-state index contributed by atoms with van der Waals surface area (Å²) in [6.07, 6.45) is 0.986. The Bertz CT molecular complexity index is 881. The van der Waals surface area contributed by atoms with Crippen LogP contribution in [0.15, 0.2) is 53.9 Å². The summed E-state index contributed by atoms with van der Waals surface area (Å²) < 4.78 is 11.5. The van der Waals surface area contributed by atoms with Crippen LogP contribution < -0.4 is 20.9 Å². The van der Waals surface area contributed by atoms with Crippen LogP contribution in [0.25, 0.3) is 0 Å². The average Bonchev–Trinajstić information content (AvgIpc) is 2.60. The Kier molecular flexibility index (Phi) is 5.04. The van der Waals surface area contributed by atoms with Gasteiger partial charge >= 0.3 is 0 Å². The van der Waals surface area contributed by atoms with Gasteiger partial charge in [-0.2, -0.15) is 5.26 Å². The van der Waals surface area contributed by atoms with Crippen molar-refractivity contribution < 1.29 is 9.47 Å². The number of allylic oxidation sites excluding steroid dienone is 1. The summed E-state index contributed by atoms with van der Waals surface area (Å²) in [5.41, 5.74) is 14.6. The van der Waals surface area contributed by atoms with E-state index in [1.807, 2.05) is 30.3 Å². The Balaban J connectivity index is 1.98. The van der Waals surface area contributed by atoms with Crippen LogP contribution >= 0.6 is 0 Å². The van der Waals surface area contributed by atoms with E-state index in [2.05, 4.69) is 19.9 Å². The maximum Gasteiger partial charge on any atom is 0.205 e. The van der Waals surface area contributed by atoms with Crippen molar-refractivity contribution in [3.8, 4) is 17.6 Å². The third kappa shape index (κ3) is 3.60. The van der Waals surface area contributed by atoms with Crippen LogP contribution in [0.1, 0.15) is 37.3 Å². The lowest BCUT2D eigenvalue weighted by atomic mass is 9.83. The first-order valence-corrected chi connectivity index (χ1v) is 8.69. The molecule has 3 rings (SSSR count). The van der Waals surface area contributed by atoms with E-state index >= 15 is 0 Å². The Hall–Kier alpha value is -3.13. The second-order valence-electron chi connectivity index (χ2n) is 6.83. The Morgan fingerprint density at radius 3 is 2.73 bits per heavy atom. The van der Waals surface area contributed by atoms with Gasteiger partial charge in [0.1, 0.15) is 23.1 Å². The second-order valence-corrected chi connectivity index (χ2v) is 6.83. The van der Waals surface area contributed by atoms with Gasteiger partial charge in [-0.3, -0.25) is 0 Å². The minimum atomic E-state index is -0.307. The van der Waals surface area contributed by atoms with Crippen LogP contribution in [0.2, 0.25) is 0 Å². The fraction of sp³-hybridized carbons (Fsp3) is 0.286. The van der Waals surface area contributed by atoms with Gasteiger partial charge in [-0.15, -0.1) is 0 Å². The monoisotopic (exact) mass is 349 g/mol. The molecule has 1 aliphatic heterocycles. The minimum absolute atomic E-state index is 0.113. The molecule has 2 aromatic rings. The quantitative estimate of drug-likeness (QED) is 0.798. The number of fused-ring (bicyclic) bond motifs is 1. The van der Waals surface area contributed by atoms with Gasteiger partial charge in [-0.1, -0.05) is 32.0 Å². The fourth-order valence-corrected chi connectivity index (χ4v) is 3.01. The normalized spacial score (nSPS) is 16.0. The topological polar surface area (TPSA) is 94.3 Å². The van der Waals surface area contributed by atoms with Gasteiger partial charge in [-0.25, -0.2) is 0 Å². The number of hydrogen-bond acceptors (Lipinski definition) is 5. The summed E-state index contributed by atoms with van der Waals surface area (Å²) >= 11 is 0. The van der Waals surface area contributed by atoms with Gasteiger partial charge < -0.3 is 20.9 Å². The minimum Gasteiger partial charge on any atom is -0.494 e. The van der Waals surface area contributed by atoms with E-state index < -0.39 is 0 Å². The fourth-order valence-electron chi connectivity index (χ4n) is 3.01. The van der Waals surface area contributed by atoms with E-state index in [4.69, 9.17) is 20.9 Å². The molecule has 0 saturated carbocycles. The smallest absolute Gasteiger partial charge is 0.205 e. The summed E-state index contributed by atoms with van der Waals surface area (Å²) in [5, 5.41) is 9.62. The lowest BCUT2D eigenvalue weighted by Gasteiger charge is -2.26.